The van der Waals surface area contributed by atoms with E-state index in [1.54, 1.807) is 0 Å². The van der Waals surface area contributed by atoms with E-state index in [-0.39, 0.29) is 0 Å². The molecule has 0 aliphatic carbocycles. The predicted molar refractivity (Wildman–Crippen MR) is 76.2 cm³/mol. The van der Waals surface area contributed by atoms with Gasteiger partial charge in [0, 0.05) is 18.0 Å². The lowest BCUT2D eigenvalue weighted by atomic mass is 10.1. The fourth-order valence-electron chi connectivity index (χ4n) is 2.00. The van der Waals surface area contributed by atoms with Gasteiger partial charge in [-0.2, -0.15) is 0 Å². The average Bonchev–Trinajstić information content (AvgIpc) is 2.82. The summed E-state index contributed by atoms with van der Waals surface area (Å²) in [5, 5.41) is 0.730. The second-order valence-electron chi connectivity index (χ2n) is 4.42. The van der Waals surface area contributed by atoms with E-state index in [1.807, 2.05) is 42.5 Å². The van der Waals surface area contributed by atoms with Crippen molar-refractivity contribution >= 4 is 22.7 Å². The molecule has 0 atom stereocenters. The van der Waals surface area contributed by atoms with Gasteiger partial charge in [0.05, 0.1) is 0 Å². The standard InChI is InChI=1S/C15H13ClN2O/c16-12-4-1-10(2-5-12)8-15-18-13-7-11(9-17)3-6-14(13)19-15/h1-7H,8-9,17H2. The lowest BCUT2D eigenvalue weighted by molar-refractivity contribution is 0.544. The number of rotatable bonds is 3. The third-order valence-electron chi connectivity index (χ3n) is 3.00. The first-order chi connectivity index (χ1) is 9.24. The van der Waals surface area contributed by atoms with Crippen molar-refractivity contribution in [2.75, 3.05) is 0 Å². The van der Waals surface area contributed by atoms with Crippen LogP contribution < -0.4 is 5.73 Å². The van der Waals surface area contributed by atoms with Crippen molar-refractivity contribution in [2.24, 2.45) is 5.73 Å². The minimum Gasteiger partial charge on any atom is -0.440 e. The number of oxazole rings is 1. The number of nitrogens with two attached hydrogens (primary N) is 1. The van der Waals surface area contributed by atoms with Gasteiger partial charge >= 0.3 is 0 Å². The average molecular weight is 273 g/mol. The van der Waals surface area contributed by atoms with Gasteiger partial charge in [-0.25, -0.2) is 4.98 Å². The number of hydrogen-bond acceptors (Lipinski definition) is 3. The van der Waals surface area contributed by atoms with Gasteiger partial charge in [0.1, 0.15) is 5.52 Å². The Hall–Kier alpha value is -1.84. The van der Waals surface area contributed by atoms with E-state index >= 15 is 0 Å². The molecule has 3 rings (SSSR count). The zero-order valence-corrected chi connectivity index (χ0v) is 11.0. The van der Waals surface area contributed by atoms with E-state index < -0.39 is 0 Å². The Morgan fingerprint density at radius 3 is 2.53 bits per heavy atom. The number of aromatic nitrogens is 1. The Balaban J connectivity index is 1.90. The summed E-state index contributed by atoms with van der Waals surface area (Å²) in [6.07, 6.45) is 0.657. The number of halogens is 1. The molecule has 96 valence electrons. The molecular weight excluding hydrogens is 260 g/mol. The number of hydrogen-bond donors (Lipinski definition) is 1. The van der Waals surface area contributed by atoms with Crippen LogP contribution in [0.4, 0.5) is 0 Å². The first-order valence-corrected chi connectivity index (χ1v) is 6.45. The summed E-state index contributed by atoms with van der Waals surface area (Å²) in [4.78, 5) is 4.48. The zero-order chi connectivity index (χ0) is 13.2. The van der Waals surface area contributed by atoms with Crippen molar-refractivity contribution in [3.63, 3.8) is 0 Å². The summed E-state index contributed by atoms with van der Waals surface area (Å²) in [6.45, 7) is 0.509. The van der Waals surface area contributed by atoms with Crippen LogP contribution in [-0.2, 0) is 13.0 Å². The SMILES string of the molecule is NCc1ccc2oc(Cc3ccc(Cl)cc3)nc2c1. The molecule has 0 saturated carbocycles. The first-order valence-electron chi connectivity index (χ1n) is 6.07. The monoisotopic (exact) mass is 272 g/mol. The first kappa shape index (κ1) is 12.2. The smallest absolute Gasteiger partial charge is 0.199 e. The highest BCUT2D eigenvalue weighted by atomic mass is 35.5. The summed E-state index contributed by atoms with van der Waals surface area (Å²) in [5.41, 5.74) is 9.44. The van der Waals surface area contributed by atoms with Crippen LogP contribution >= 0.6 is 11.6 Å². The molecule has 0 aliphatic heterocycles. The van der Waals surface area contributed by atoms with Gasteiger partial charge in [-0.1, -0.05) is 29.8 Å². The molecule has 0 unspecified atom stereocenters. The van der Waals surface area contributed by atoms with E-state index in [0.717, 1.165) is 27.2 Å². The second-order valence-corrected chi connectivity index (χ2v) is 4.85. The van der Waals surface area contributed by atoms with Gasteiger partial charge < -0.3 is 10.2 Å². The van der Waals surface area contributed by atoms with Crippen LogP contribution in [0.5, 0.6) is 0 Å². The normalized spacial score (nSPS) is 11.1. The molecule has 0 amide bonds. The highest BCUT2D eigenvalue weighted by molar-refractivity contribution is 6.30. The predicted octanol–water partition coefficient (Wildman–Crippen LogP) is 3.53. The van der Waals surface area contributed by atoms with Crippen LogP contribution in [0.3, 0.4) is 0 Å². The Bertz CT molecular complexity index is 704. The van der Waals surface area contributed by atoms with Gasteiger partial charge in [-0.3, -0.25) is 0 Å². The molecule has 3 nitrogen and oxygen atoms in total. The van der Waals surface area contributed by atoms with E-state index in [1.165, 1.54) is 0 Å². The third-order valence-corrected chi connectivity index (χ3v) is 3.25. The number of nitrogens with zero attached hydrogens (tertiary/aromatic N) is 1. The molecule has 1 heterocycles. The maximum absolute atomic E-state index is 5.86. The fraction of sp³-hybridized carbons (Fsp3) is 0.133. The molecule has 3 aromatic rings. The minimum absolute atomic E-state index is 0.509. The highest BCUT2D eigenvalue weighted by Crippen LogP contribution is 2.20. The van der Waals surface area contributed by atoms with E-state index in [2.05, 4.69) is 4.98 Å². The van der Waals surface area contributed by atoms with Crippen molar-refractivity contribution in [1.82, 2.24) is 4.98 Å². The Morgan fingerprint density at radius 2 is 1.79 bits per heavy atom. The van der Waals surface area contributed by atoms with Gasteiger partial charge in [0.2, 0.25) is 0 Å². The molecule has 0 radical (unpaired) electrons. The van der Waals surface area contributed by atoms with Crippen LogP contribution in [0.15, 0.2) is 46.9 Å². The largest absolute Gasteiger partial charge is 0.440 e. The molecule has 0 fully saturated rings. The minimum atomic E-state index is 0.509. The second kappa shape index (κ2) is 5.03. The van der Waals surface area contributed by atoms with Crippen molar-refractivity contribution < 1.29 is 4.42 Å². The van der Waals surface area contributed by atoms with Crippen LogP contribution in [0.25, 0.3) is 11.1 Å². The van der Waals surface area contributed by atoms with Crippen LogP contribution in [-0.4, -0.2) is 4.98 Å². The van der Waals surface area contributed by atoms with Crippen molar-refractivity contribution in [3.8, 4) is 0 Å². The third kappa shape index (κ3) is 2.62. The van der Waals surface area contributed by atoms with Gasteiger partial charge in [-0.05, 0) is 35.4 Å². The lowest BCUT2D eigenvalue weighted by Crippen LogP contribution is -1.95. The van der Waals surface area contributed by atoms with Crippen molar-refractivity contribution in [1.29, 1.82) is 0 Å². The maximum Gasteiger partial charge on any atom is 0.199 e. The summed E-state index contributed by atoms with van der Waals surface area (Å²) < 4.78 is 5.72. The van der Waals surface area contributed by atoms with Gasteiger partial charge in [0.25, 0.3) is 0 Å². The number of benzene rings is 2. The lowest BCUT2D eigenvalue weighted by Gasteiger charge is -1.96. The Morgan fingerprint density at radius 1 is 1.05 bits per heavy atom. The van der Waals surface area contributed by atoms with Crippen molar-refractivity contribution in [3.05, 3.63) is 64.5 Å². The number of fused-ring (bicyclic) bond motifs is 1. The Labute approximate surface area is 116 Å². The summed E-state index contributed by atoms with van der Waals surface area (Å²) >= 11 is 5.86. The maximum atomic E-state index is 5.86. The van der Waals surface area contributed by atoms with E-state index in [0.29, 0.717) is 18.9 Å². The summed E-state index contributed by atoms with van der Waals surface area (Å²) in [7, 11) is 0. The molecule has 0 aliphatic rings. The van der Waals surface area contributed by atoms with E-state index in [4.69, 9.17) is 21.8 Å². The van der Waals surface area contributed by atoms with Crippen molar-refractivity contribution in [2.45, 2.75) is 13.0 Å². The van der Waals surface area contributed by atoms with Crippen LogP contribution in [0.2, 0.25) is 5.02 Å². The van der Waals surface area contributed by atoms with Crippen LogP contribution in [0, 0.1) is 0 Å². The molecule has 2 N–H and O–H groups in total. The molecule has 0 bridgehead atoms. The van der Waals surface area contributed by atoms with Gasteiger partial charge in [0.15, 0.2) is 11.5 Å². The quantitative estimate of drug-likeness (QED) is 0.793. The fourth-order valence-corrected chi connectivity index (χ4v) is 2.13. The molecule has 4 heteroatoms. The van der Waals surface area contributed by atoms with E-state index in [9.17, 15) is 0 Å². The molecule has 19 heavy (non-hydrogen) atoms. The topological polar surface area (TPSA) is 52.0 Å². The summed E-state index contributed by atoms with van der Waals surface area (Å²) in [6, 6.07) is 13.5. The zero-order valence-electron chi connectivity index (χ0n) is 10.3. The van der Waals surface area contributed by atoms with Crippen LogP contribution in [0.1, 0.15) is 17.0 Å². The Kier molecular flexibility index (Phi) is 3.23. The molecule has 1 aromatic heterocycles. The molecular formula is C15H13ClN2O. The summed E-state index contributed by atoms with van der Waals surface area (Å²) in [5.74, 6) is 0.700. The molecule has 2 aromatic carbocycles. The molecule has 0 spiro atoms. The highest BCUT2D eigenvalue weighted by Gasteiger charge is 2.07. The molecule has 0 saturated heterocycles. The van der Waals surface area contributed by atoms with Gasteiger partial charge in [-0.15, -0.1) is 0 Å².